The van der Waals surface area contributed by atoms with E-state index in [2.05, 4.69) is 15.2 Å². The van der Waals surface area contributed by atoms with Gasteiger partial charge in [-0.3, -0.25) is 9.78 Å². The largest absolute Gasteiger partial charge is 0.349 e. The van der Waals surface area contributed by atoms with Crippen molar-refractivity contribution in [2.24, 2.45) is 0 Å². The fourth-order valence-corrected chi connectivity index (χ4v) is 2.72. The van der Waals surface area contributed by atoms with Gasteiger partial charge >= 0.3 is 0 Å². The van der Waals surface area contributed by atoms with Gasteiger partial charge in [-0.25, -0.2) is 0 Å². The third-order valence-electron chi connectivity index (χ3n) is 4.10. The minimum absolute atomic E-state index is 0.0115. The number of hydrogen-bond donors (Lipinski definition) is 1. The van der Waals surface area contributed by atoms with Crippen LogP contribution in [0, 0.1) is 6.92 Å². The third-order valence-corrected chi connectivity index (χ3v) is 4.10. The Bertz CT molecular complexity index is 445. The van der Waals surface area contributed by atoms with E-state index in [1.54, 1.807) is 6.20 Å². The van der Waals surface area contributed by atoms with Crippen LogP contribution in [0.25, 0.3) is 0 Å². The summed E-state index contributed by atoms with van der Waals surface area (Å²) < 4.78 is 0. The standard InChI is InChI=1S/C15H21N3O/c1-11-2-3-12(10-16-11)15(19)17-13-6-8-18(9-7-13)14-4-5-14/h2-3,10,13-14H,4-9H2,1H3,(H,17,19). The highest BCUT2D eigenvalue weighted by Gasteiger charge is 2.32. The van der Waals surface area contributed by atoms with Gasteiger partial charge in [0.25, 0.3) is 5.91 Å². The summed E-state index contributed by atoms with van der Waals surface area (Å²) in [5, 5.41) is 3.13. The fraction of sp³-hybridized carbons (Fsp3) is 0.600. The van der Waals surface area contributed by atoms with Crippen LogP contribution in [0.15, 0.2) is 18.3 Å². The molecule has 0 aromatic carbocycles. The molecular weight excluding hydrogens is 238 g/mol. The Labute approximate surface area is 114 Å². The van der Waals surface area contributed by atoms with Crippen molar-refractivity contribution < 1.29 is 4.79 Å². The molecule has 0 spiro atoms. The number of aryl methyl sites for hydroxylation is 1. The zero-order valence-corrected chi connectivity index (χ0v) is 11.4. The van der Waals surface area contributed by atoms with Gasteiger partial charge in [0.2, 0.25) is 0 Å². The summed E-state index contributed by atoms with van der Waals surface area (Å²) in [6.45, 7) is 4.18. The van der Waals surface area contributed by atoms with Crippen LogP contribution in [0.3, 0.4) is 0 Å². The number of piperidine rings is 1. The van der Waals surface area contributed by atoms with Crippen LogP contribution < -0.4 is 5.32 Å². The Kier molecular flexibility index (Phi) is 3.51. The summed E-state index contributed by atoms with van der Waals surface area (Å²) in [6.07, 6.45) is 6.53. The molecule has 1 saturated carbocycles. The van der Waals surface area contributed by atoms with Gasteiger partial charge in [-0.2, -0.15) is 0 Å². The molecule has 102 valence electrons. The van der Waals surface area contributed by atoms with Crippen LogP contribution in [0.4, 0.5) is 0 Å². The first-order valence-corrected chi connectivity index (χ1v) is 7.20. The molecule has 1 N–H and O–H groups in total. The van der Waals surface area contributed by atoms with Gasteiger partial charge in [-0.15, -0.1) is 0 Å². The molecule has 1 aliphatic carbocycles. The maximum atomic E-state index is 12.1. The monoisotopic (exact) mass is 259 g/mol. The number of hydrogen-bond acceptors (Lipinski definition) is 3. The van der Waals surface area contributed by atoms with Gasteiger partial charge in [0.15, 0.2) is 0 Å². The first-order valence-electron chi connectivity index (χ1n) is 7.20. The number of carbonyl (C=O) groups is 1. The molecular formula is C15H21N3O. The second kappa shape index (κ2) is 5.29. The molecule has 4 nitrogen and oxygen atoms in total. The lowest BCUT2D eigenvalue weighted by Crippen LogP contribution is -2.45. The minimum atomic E-state index is 0.0115. The number of likely N-dealkylation sites (tertiary alicyclic amines) is 1. The average molecular weight is 259 g/mol. The Morgan fingerprint density at radius 2 is 2.00 bits per heavy atom. The second-order valence-corrected chi connectivity index (χ2v) is 5.70. The van der Waals surface area contributed by atoms with Crippen LogP contribution in [-0.4, -0.2) is 41.0 Å². The Morgan fingerprint density at radius 3 is 2.58 bits per heavy atom. The molecule has 3 rings (SSSR count). The van der Waals surface area contributed by atoms with E-state index in [0.29, 0.717) is 11.6 Å². The summed E-state index contributed by atoms with van der Waals surface area (Å²) in [4.78, 5) is 18.8. The molecule has 0 bridgehead atoms. The molecule has 1 amide bonds. The van der Waals surface area contributed by atoms with Crippen molar-refractivity contribution in [3.05, 3.63) is 29.6 Å². The van der Waals surface area contributed by atoms with E-state index in [0.717, 1.165) is 37.7 Å². The topological polar surface area (TPSA) is 45.2 Å². The molecule has 0 atom stereocenters. The van der Waals surface area contributed by atoms with Gasteiger partial charge in [0, 0.05) is 37.1 Å². The lowest BCUT2D eigenvalue weighted by molar-refractivity contribution is 0.0908. The van der Waals surface area contributed by atoms with E-state index in [9.17, 15) is 4.79 Å². The molecule has 1 aliphatic heterocycles. The number of rotatable bonds is 3. The Hall–Kier alpha value is -1.42. The summed E-state index contributed by atoms with van der Waals surface area (Å²) >= 11 is 0. The van der Waals surface area contributed by atoms with Gasteiger partial charge in [-0.1, -0.05) is 0 Å². The number of amides is 1. The minimum Gasteiger partial charge on any atom is -0.349 e. The van der Waals surface area contributed by atoms with Crippen molar-refractivity contribution in [3.8, 4) is 0 Å². The van der Waals surface area contributed by atoms with E-state index in [-0.39, 0.29) is 5.91 Å². The van der Waals surface area contributed by atoms with E-state index < -0.39 is 0 Å². The van der Waals surface area contributed by atoms with Crippen LogP contribution in [-0.2, 0) is 0 Å². The number of nitrogens with one attached hydrogen (secondary N) is 1. The van der Waals surface area contributed by atoms with Crippen molar-refractivity contribution in [3.63, 3.8) is 0 Å². The van der Waals surface area contributed by atoms with Crippen LogP contribution in [0.5, 0.6) is 0 Å². The second-order valence-electron chi connectivity index (χ2n) is 5.70. The SMILES string of the molecule is Cc1ccc(C(=O)NC2CCN(C3CC3)CC2)cn1. The number of carbonyl (C=O) groups excluding carboxylic acids is 1. The fourth-order valence-electron chi connectivity index (χ4n) is 2.72. The van der Waals surface area contributed by atoms with E-state index in [4.69, 9.17) is 0 Å². The zero-order valence-electron chi connectivity index (χ0n) is 11.4. The molecule has 1 saturated heterocycles. The van der Waals surface area contributed by atoms with E-state index in [1.807, 2.05) is 19.1 Å². The lowest BCUT2D eigenvalue weighted by atomic mass is 10.0. The predicted octanol–water partition coefficient (Wildman–Crippen LogP) is 1.75. The molecule has 1 aromatic heterocycles. The summed E-state index contributed by atoms with van der Waals surface area (Å²) in [7, 11) is 0. The average Bonchev–Trinajstić information content (AvgIpc) is 3.25. The summed E-state index contributed by atoms with van der Waals surface area (Å²) in [6, 6.07) is 4.89. The van der Waals surface area contributed by atoms with E-state index in [1.165, 1.54) is 12.8 Å². The summed E-state index contributed by atoms with van der Waals surface area (Å²) in [5.41, 5.74) is 1.60. The Balaban J connectivity index is 1.51. The van der Waals surface area contributed by atoms with Crippen molar-refractivity contribution in [1.82, 2.24) is 15.2 Å². The van der Waals surface area contributed by atoms with Crippen molar-refractivity contribution in [1.29, 1.82) is 0 Å². The van der Waals surface area contributed by atoms with E-state index >= 15 is 0 Å². The molecule has 1 aromatic rings. The smallest absolute Gasteiger partial charge is 0.253 e. The van der Waals surface area contributed by atoms with Crippen molar-refractivity contribution in [2.45, 2.75) is 44.7 Å². The highest BCUT2D eigenvalue weighted by molar-refractivity contribution is 5.94. The quantitative estimate of drug-likeness (QED) is 0.899. The number of aromatic nitrogens is 1. The molecule has 0 unspecified atom stereocenters. The van der Waals surface area contributed by atoms with Crippen LogP contribution >= 0.6 is 0 Å². The number of nitrogens with zero attached hydrogens (tertiary/aromatic N) is 2. The van der Waals surface area contributed by atoms with Gasteiger partial charge in [0.05, 0.1) is 5.56 Å². The summed E-state index contributed by atoms with van der Waals surface area (Å²) in [5.74, 6) is 0.0115. The maximum Gasteiger partial charge on any atom is 0.253 e. The maximum absolute atomic E-state index is 12.1. The molecule has 2 fully saturated rings. The third kappa shape index (κ3) is 3.13. The normalized spacial score (nSPS) is 21.3. The van der Waals surface area contributed by atoms with Crippen molar-refractivity contribution >= 4 is 5.91 Å². The van der Waals surface area contributed by atoms with Gasteiger partial charge in [0.1, 0.15) is 0 Å². The first kappa shape index (κ1) is 12.6. The molecule has 19 heavy (non-hydrogen) atoms. The highest BCUT2D eigenvalue weighted by atomic mass is 16.1. The molecule has 2 heterocycles. The van der Waals surface area contributed by atoms with Gasteiger partial charge in [-0.05, 0) is 44.7 Å². The Morgan fingerprint density at radius 1 is 1.26 bits per heavy atom. The first-order chi connectivity index (χ1) is 9.22. The predicted molar refractivity (Wildman–Crippen MR) is 74.1 cm³/mol. The number of pyridine rings is 1. The zero-order chi connectivity index (χ0) is 13.2. The van der Waals surface area contributed by atoms with Crippen LogP contribution in [0.1, 0.15) is 41.7 Å². The lowest BCUT2D eigenvalue weighted by Gasteiger charge is -2.32. The highest BCUT2D eigenvalue weighted by Crippen LogP contribution is 2.29. The molecule has 2 aliphatic rings. The van der Waals surface area contributed by atoms with Crippen molar-refractivity contribution in [2.75, 3.05) is 13.1 Å². The van der Waals surface area contributed by atoms with Crippen LogP contribution in [0.2, 0.25) is 0 Å². The molecule has 0 radical (unpaired) electrons. The van der Waals surface area contributed by atoms with Gasteiger partial charge < -0.3 is 10.2 Å². The molecule has 4 heteroatoms.